The van der Waals surface area contributed by atoms with E-state index < -0.39 is 0 Å². The van der Waals surface area contributed by atoms with E-state index in [-0.39, 0.29) is 42.8 Å². The number of nitrogens with one attached hydrogen (secondary N) is 1. The number of likely N-dealkylation sites (N-methyl/N-ethyl adjacent to an activating group) is 1. The van der Waals surface area contributed by atoms with Gasteiger partial charge in [-0.3, -0.25) is 14.4 Å². The number of piperidine rings is 1. The Morgan fingerprint density at radius 3 is 2.59 bits per heavy atom. The van der Waals surface area contributed by atoms with Crippen molar-refractivity contribution in [2.75, 3.05) is 26.7 Å². The van der Waals surface area contributed by atoms with E-state index in [2.05, 4.69) is 5.32 Å². The van der Waals surface area contributed by atoms with Crippen LogP contribution in [0.2, 0.25) is 0 Å². The van der Waals surface area contributed by atoms with E-state index in [0.29, 0.717) is 50.5 Å². The number of benzene rings is 2. The van der Waals surface area contributed by atoms with Gasteiger partial charge in [-0.25, -0.2) is 0 Å². The quantitative estimate of drug-likeness (QED) is 0.528. The lowest BCUT2D eigenvalue weighted by Crippen LogP contribution is -2.58. The largest absolute Gasteiger partial charge is 0.457 e. The molecule has 0 saturated carbocycles. The molecule has 9 heteroatoms. The van der Waals surface area contributed by atoms with Crippen LogP contribution in [0.25, 0.3) is 0 Å². The normalized spacial score (nSPS) is 20.7. The Morgan fingerprint density at radius 2 is 1.82 bits per heavy atom. The molecule has 39 heavy (non-hydrogen) atoms. The SMILES string of the molecule is CN1CC(=O)N[C@H]2CN(C(=O)Cc3ccsc3)CC[C@H]2OCc2cccc(c2)Oc2cccc(c2)CCC1=O. The van der Waals surface area contributed by atoms with Crippen LogP contribution in [0.1, 0.15) is 29.5 Å². The molecule has 3 amide bonds. The van der Waals surface area contributed by atoms with E-state index in [1.54, 1.807) is 23.3 Å². The highest BCUT2D eigenvalue weighted by atomic mass is 32.1. The molecule has 8 nitrogen and oxygen atoms in total. The summed E-state index contributed by atoms with van der Waals surface area (Å²) in [6.45, 7) is 1.19. The van der Waals surface area contributed by atoms with E-state index in [1.165, 1.54) is 4.90 Å². The summed E-state index contributed by atoms with van der Waals surface area (Å²) >= 11 is 1.57. The third kappa shape index (κ3) is 7.25. The number of ether oxygens (including phenoxy) is 2. The monoisotopic (exact) mass is 547 g/mol. The maximum atomic E-state index is 13.0. The van der Waals surface area contributed by atoms with Crippen molar-refractivity contribution in [3.8, 4) is 11.5 Å². The Morgan fingerprint density at radius 1 is 1.05 bits per heavy atom. The Kier molecular flexibility index (Phi) is 8.58. The Labute approximate surface area is 232 Å². The predicted molar refractivity (Wildman–Crippen MR) is 149 cm³/mol. The summed E-state index contributed by atoms with van der Waals surface area (Å²) in [5.74, 6) is 1.04. The number of hydrogen-bond donors (Lipinski definition) is 1. The van der Waals surface area contributed by atoms with Crippen molar-refractivity contribution in [1.29, 1.82) is 0 Å². The van der Waals surface area contributed by atoms with Gasteiger partial charge < -0.3 is 24.6 Å². The summed E-state index contributed by atoms with van der Waals surface area (Å²) in [5.41, 5.74) is 2.93. The number of carbonyl (C=O) groups is 3. The summed E-state index contributed by atoms with van der Waals surface area (Å²) < 4.78 is 12.4. The summed E-state index contributed by atoms with van der Waals surface area (Å²) in [5, 5.41) is 7.00. The molecule has 0 radical (unpaired) electrons. The summed E-state index contributed by atoms with van der Waals surface area (Å²) in [7, 11) is 1.64. The van der Waals surface area contributed by atoms with Crippen LogP contribution in [-0.2, 0) is 38.6 Å². The number of thiophene rings is 1. The molecule has 0 aliphatic carbocycles. The molecule has 2 aliphatic rings. The van der Waals surface area contributed by atoms with Gasteiger partial charge in [0.2, 0.25) is 17.7 Å². The lowest BCUT2D eigenvalue weighted by atomic mass is 10.0. The zero-order valence-corrected chi connectivity index (χ0v) is 22.8. The van der Waals surface area contributed by atoms with E-state index in [1.807, 2.05) is 65.4 Å². The Balaban J connectivity index is 1.34. The fourth-order valence-electron chi connectivity index (χ4n) is 4.98. The van der Waals surface area contributed by atoms with Gasteiger partial charge in [0.1, 0.15) is 11.5 Å². The van der Waals surface area contributed by atoms with Crippen molar-refractivity contribution >= 4 is 29.1 Å². The molecular formula is C30H33N3O5S. The number of carbonyl (C=O) groups excluding carboxylic acids is 3. The molecular weight excluding hydrogens is 514 g/mol. The molecule has 204 valence electrons. The minimum absolute atomic E-state index is 0.0286. The van der Waals surface area contributed by atoms with E-state index in [0.717, 1.165) is 16.7 Å². The molecule has 5 rings (SSSR count). The van der Waals surface area contributed by atoms with Gasteiger partial charge in [0.25, 0.3) is 0 Å². The second kappa shape index (κ2) is 12.4. The minimum Gasteiger partial charge on any atom is -0.457 e. The highest BCUT2D eigenvalue weighted by molar-refractivity contribution is 7.08. The lowest BCUT2D eigenvalue weighted by Gasteiger charge is -2.39. The van der Waals surface area contributed by atoms with Gasteiger partial charge in [-0.05, 0) is 70.6 Å². The number of rotatable bonds is 2. The molecule has 2 atom stereocenters. The van der Waals surface area contributed by atoms with Crippen LogP contribution in [0.5, 0.6) is 11.5 Å². The standard InChI is InChI=1S/C30H33N3O5S/c1-32-18-28(34)31-26-17-33(30(36)16-23-11-13-39-20-23)12-10-27(26)37-19-22-5-3-7-25(15-22)38-24-6-2-4-21(14-24)8-9-29(32)35/h2-7,11,13-15,20,26-27H,8-10,12,16-19H2,1H3,(H,31,34)/t26-,27+/m0/s1. The average Bonchev–Trinajstić information content (AvgIpc) is 3.44. The maximum Gasteiger partial charge on any atom is 0.239 e. The van der Waals surface area contributed by atoms with E-state index in [9.17, 15) is 14.4 Å². The molecule has 4 bridgehead atoms. The van der Waals surface area contributed by atoms with Crippen molar-refractivity contribution in [3.05, 3.63) is 82.0 Å². The van der Waals surface area contributed by atoms with Crippen LogP contribution in [0.3, 0.4) is 0 Å². The van der Waals surface area contributed by atoms with Crippen LogP contribution in [0, 0.1) is 0 Å². The highest BCUT2D eigenvalue weighted by Gasteiger charge is 2.33. The van der Waals surface area contributed by atoms with Gasteiger partial charge in [-0.1, -0.05) is 24.3 Å². The zero-order chi connectivity index (χ0) is 27.2. The molecule has 3 aromatic rings. The van der Waals surface area contributed by atoms with Gasteiger partial charge in [0.15, 0.2) is 0 Å². The maximum absolute atomic E-state index is 13.0. The van der Waals surface area contributed by atoms with Crippen LogP contribution >= 0.6 is 11.3 Å². The Hall–Kier alpha value is -3.69. The molecule has 2 aliphatic heterocycles. The lowest BCUT2D eigenvalue weighted by molar-refractivity contribution is -0.138. The number of amides is 3. The number of nitrogens with zero attached hydrogens (tertiary/aromatic N) is 2. The summed E-state index contributed by atoms with van der Waals surface area (Å²) in [6, 6.07) is 17.0. The van der Waals surface area contributed by atoms with Crippen LogP contribution in [0.4, 0.5) is 0 Å². The molecule has 0 unspecified atom stereocenters. The van der Waals surface area contributed by atoms with Crippen molar-refractivity contribution in [1.82, 2.24) is 15.1 Å². The second-order valence-electron chi connectivity index (χ2n) is 10.1. The molecule has 0 spiro atoms. The predicted octanol–water partition coefficient (Wildman–Crippen LogP) is 3.79. The molecule has 1 saturated heterocycles. The summed E-state index contributed by atoms with van der Waals surface area (Å²) in [4.78, 5) is 42.1. The Bertz CT molecular complexity index is 1310. The molecule has 1 aromatic heterocycles. The van der Waals surface area contributed by atoms with Gasteiger partial charge in [0, 0.05) is 26.6 Å². The number of hydrogen-bond acceptors (Lipinski definition) is 6. The first-order valence-electron chi connectivity index (χ1n) is 13.2. The van der Waals surface area contributed by atoms with Crippen LogP contribution in [0.15, 0.2) is 65.4 Å². The van der Waals surface area contributed by atoms with Crippen molar-refractivity contribution in [3.63, 3.8) is 0 Å². The van der Waals surface area contributed by atoms with Crippen LogP contribution < -0.4 is 10.1 Å². The third-order valence-electron chi connectivity index (χ3n) is 7.11. The van der Waals surface area contributed by atoms with Gasteiger partial charge >= 0.3 is 0 Å². The van der Waals surface area contributed by atoms with Crippen molar-refractivity contribution < 1.29 is 23.9 Å². The van der Waals surface area contributed by atoms with Gasteiger partial charge in [-0.2, -0.15) is 11.3 Å². The van der Waals surface area contributed by atoms with Gasteiger partial charge in [-0.15, -0.1) is 0 Å². The molecule has 1 fully saturated rings. The van der Waals surface area contributed by atoms with E-state index in [4.69, 9.17) is 9.47 Å². The summed E-state index contributed by atoms with van der Waals surface area (Å²) in [6.07, 6.45) is 1.48. The number of aryl methyl sites for hydroxylation is 1. The minimum atomic E-state index is -0.390. The average molecular weight is 548 g/mol. The van der Waals surface area contributed by atoms with Crippen molar-refractivity contribution in [2.24, 2.45) is 0 Å². The third-order valence-corrected chi connectivity index (χ3v) is 7.85. The van der Waals surface area contributed by atoms with E-state index >= 15 is 0 Å². The van der Waals surface area contributed by atoms with Gasteiger partial charge in [0.05, 0.1) is 31.7 Å². The highest BCUT2D eigenvalue weighted by Crippen LogP contribution is 2.25. The van der Waals surface area contributed by atoms with Crippen molar-refractivity contribution in [2.45, 2.75) is 44.4 Å². The number of fused-ring (bicyclic) bond motifs is 5. The number of likely N-dealkylation sites (tertiary alicyclic amines) is 1. The fourth-order valence-corrected chi connectivity index (χ4v) is 5.64. The first-order valence-corrected chi connectivity index (χ1v) is 14.2. The fraction of sp³-hybridized carbons (Fsp3) is 0.367. The first kappa shape index (κ1) is 26.9. The smallest absolute Gasteiger partial charge is 0.239 e. The molecule has 2 aromatic carbocycles. The molecule has 3 heterocycles. The zero-order valence-electron chi connectivity index (χ0n) is 22.0. The second-order valence-corrected chi connectivity index (χ2v) is 10.9. The molecule has 1 N–H and O–H groups in total. The topological polar surface area (TPSA) is 88.2 Å². The van der Waals surface area contributed by atoms with Crippen LogP contribution in [-0.4, -0.2) is 66.3 Å². The first-order chi connectivity index (χ1) is 18.9.